The Balaban J connectivity index is 2.55. The summed E-state index contributed by atoms with van der Waals surface area (Å²) in [5.41, 5.74) is 1.82. The van der Waals surface area contributed by atoms with Gasteiger partial charge in [0.05, 0.1) is 0 Å². The zero-order valence-electron chi connectivity index (χ0n) is 16.2. The van der Waals surface area contributed by atoms with Crippen LogP contribution in [0.4, 0.5) is 0 Å². The zero-order valence-corrected chi connectivity index (χ0v) is 16.2. The second-order valence-corrected chi connectivity index (χ2v) is 6.33. The molecule has 0 fully saturated rings. The standard InChI is InChI=1S/C20H34N4O/c1-5-7-8-10-16(3)24-20(22-6-2)23-14-13-17-11-9-12-18(15-17)19(25)21-4/h9,11-12,15-16H,5-8,10,13-14H2,1-4H3,(H,21,25)(H2,22,23,24). The van der Waals surface area contributed by atoms with Gasteiger partial charge in [-0.1, -0.05) is 38.3 Å². The molecule has 0 aliphatic heterocycles. The Bertz CT molecular complexity index is 542. The number of amides is 1. The summed E-state index contributed by atoms with van der Waals surface area (Å²) < 4.78 is 0. The Morgan fingerprint density at radius 2 is 2.04 bits per heavy atom. The number of nitrogens with one attached hydrogen (secondary N) is 3. The van der Waals surface area contributed by atoms with Crippen LogP contribution in [0.25, 0.3) is 0 Å². The van der Waals surface area contributed by atoms with Gasteiger partial charge in [0.15, 0.2) is 5.96 Å². The molecular weight excluding hydrogens is 312 g/mol. The van der Waals surface area contributed by atoms with E-state index in [0.717, 1.165) is 30.9 Å². The first-order valence-electron chi connectivity index (χ1n) is 9.46. The third-order valence-electron chi connectivity index (χ3n) is 4.05. The van der Waals surface area contributed by atoms with Crippen LogP contribution >= 0.6 is 0 Å². The van der Waals surface area contributed by atoms with Crippen molar-refractivity contribution in [1.82, 2.24) is 16.0 Å². The van der Waals surface area contributed by atoms with Gasteiger partial charge >= 0.3 is 0 Å². The molecule has 140 valence electrons. The highest BCUT2D eigenvalue weighted by atomic mass is 16.1. The van der Waals surface area contributed by atoms with Gasteiger partial charge in [-0.15, -0.1) is 0 Å². The highest BCUT2D eigenvalue weighted by Crippen LogP contribution is 2.06. The van der Waals surface area contributed by atoms with Gasteiger partial charge in [-0.2, -0.15) is 0 Å². The van der Waals surface area contributed by atoms with Crippen LogP contribution in [-0.4, -0.2) is 38.0 Å². The molecule has 0 aliphatic carbocycles. The molecule has 0 bridgehead atoms. The van der Waals surface area contributed by atoms with Crippen molar-refractivity contribution in [3.63, 3.8) is 0 Å². The lowest BCUT2D eigenvalue weighted by molar-refractivity contribution is 0.0963. The van der Waals surface area contributed by atoms with Gasteiger partial charge < -0.3 is 16.0 Å². The molecule has 1 amide bonds. The average molecular weight is 347 g/mol. The summed E-state index contributed by atoms with van der Waals surface area (Å²) in [5, 5.41) is 9.44. The molecule has 0 saturated heterocycles. The van der Waals surface area contributed by atoms with Crippen LogP contribution in [0.5, 0.6) is 0 Å². The maximum atomic E-state index is 11.7. The van der Waals surface area contributed by atoms with Gasteiger partial charge in [-0.3, -0.25) is 9.79 Å². The van der Waals surface area contributed by atoms with Gasteiger partial charge in [0.1, 0.15) is 0 Å². The minimum absolute atomic E-state index is 0.0544. The third kappa shape index (κ3) is 8.57. The maximum absolute atomic E-state index is 11.7. The van der Waals surface area contributed by atoms with Crippen molar-refractivity contribution in [3.05, 3.63) is 35.4 Å². The first-order chi connectivity index (χ1) is 12.1. The lowest BCUT2D eigenvalue weighted by Gasteiger charge is -2.17. The molecule has 3 N–H and O–H groups in total. The fourth-order valence-corrected chi connectivity index (χ4v) is 2.64. The fraction of sp³-hybridized carbons (Fsp3) is 0.600. The minimum Gasteiger partial charge on any atom is -0.357 e. The lowest BCUT2D eigenvalue weighted by Crippen LogP contribution is -2.42. The lowest BCUT2D eigenvalue weighted by atomic mass is 10.1. The molecule has 1 unspecified atom stereocenters. The Morgan fingerprint density at radius 3 is 2.72 bits per heavy atom. The van der Waals surface area contributed by atoms with E-state index in [1.165, 1.54) is 19.3 Å². The Kier molecular flexibility index (Phi) is 10.4. The normalized spacial score (nSPS) is 12.6. The second-order valence-electron chi connectivity index (χ2n) is 6.33. The van der Waals surface area contributed by atoms with E-state index in [-0.39, 0.29) is 5.91 Å². The molecule has 0 spiro atoms. The van der Waals surface area contributed by atoms with Gasteiger partial charge in [0, 0.05) is 31.7 Å². The quantitative estimate of drug-likeness (QED) is 0.346. The molecule has 25 heavy (non-hydrogen) atoms. The van der Waals surface area contributed by atoms with E-state index >= 15 is 0 Å². The van der Waals surface area contributed by atoms with Gasteiger partial charge in [0.2, 0.25) is 0 Å². The topological polar surface area (TPSA) is 65.5 Å². The predicted octanol–water partition coefficient (Wildman–Crippen LogP) is 3.11. The molecule has 0 aromatic heterocycles. The van der Waals surface area contributed by atoms with Crippen LogP contribution in [0.3, 0.4) is 0 Å². The van der Waals surface area contributed by atoms with Crippen molar-refractivity contribution in [3.8, 4) is 0 Å². The molecule has 0 heterocycles. The van der Waals surface area contributed by atoms with E-state index in [9.17, 15) is 4.79 Å². The summed E-state index contributed by atoms with van der Waals surface area (Å²) in [6, 6.07) is 8.14. The van der Waals surface area contributed by atoms with E-state index in [1.54, 1.807) is 7.05 Å². The van der Waals surface area contributed by atoms with Crippen LogP contribution in [0.1, 0.15) is 62.4 Å². The number of guanidine groups is 1. The largest absolute Gasteiger partial charge is 0.357 e. The van der Waals surface area contributed by atoms with Crippen LogP contribution in [0.15, 0.2) is 29.3 Å². The monoisotopic (exact) mass is 346 g/mol. The molecule has 5 heteroatoms. The fourth-order valence-electron chi connectivity index (χ4n) is 2.64. The second kappa shape index (κ2) is 12.3. The summed E-state index contributed by atoms with van der Waals surface area (Å²) in [6.07, 6.45) is 5.74. The van der Waals surface area contributed by atoms with Crippen molar-refractivity contribution < 1.29 is 4.79 Å². The number of hydrogen-bond donors (Lipinski definition) is 3. The number of benzene rings is 1. The number of aliphatic imine (C=N–C) groups is 1. The summed E-state index contributed by atoms with van der Waals surface area (Å²) in [7, 11) is 1.65. The van der Waals surface area contributed by atoms with Crippen molar-refractivity contribution >= 4 is 11.9 Å². The molecule has 0 saturated carbocycles. The van der Waals surface area contributed by atoms with Gasteiger partial charge in [-0.05, 0) is 44.4 Å². The van der Waals surface area contributed by atoms with Crippen molar-refractivity contribution in [2.24, 2.45) is 4.99 Å². The third-order valence-corrected chi connectivity index (χ3v) is 4.05. The van der Waals surface area contributed by atoms with Gasteiger partial charge in [-0.25, -0.2) is 0 Å². The highest BCUT2D eigenvalue weighted by Gasteiger charge is 2.06. The molecule has 0 aliphatic rings. The molecular formula is C20H34N4O. The zero-order chi connectivity index (χ0) is 18.5. The summed E-state index contributed by atoms with van der Waals surface area (Å²) in [6.45, 7) is 8.04. The Morgan fingerprint density at radius 1 is 1.24 bits per heavy atom. The first kappa shape index (κ1) is 21.0. The number of nitrogens with zero attached hydrogens (tertiary/aromatic N) is 1. The van der Waals surface area contributed by atoms with Crippen molar-refractivity contribution in [2.75, 3.05) is 20.1 Å². The first-order valence-corrected chi connectivity index (χ1v) is 9.46. The number of rotatable bonds is 10. The minimum atomic E-state index is -0.0544. The van der Waals surface area contributed by atoms with Crippen LogP contribution in [0, 0.1) is 0 Å². The predicted molar refractivity (Wildman–Crippen MR) is 106 cm³/mol. The molecule has 1 aromatic rings. The summed E-state index contributed by atoms with van der Waals surface area (Å²) >= 11 is 0. The van der Waals surface area contributed by atoms with Crippen LogP contribution in [0.2, 0.25) is 0 Å². The van der Waals surface area contributed by atoms with E-state index in [0.29, 0.717) is 18.2 Å². The molecule has 0 radical (unpaired) electrons. The number of carbonyl (C=O) groups is 1. The SMILES string of the molecule is CCCCCC(C)NC(=NCCc1cccc(C(=O)NC)c1)NCC. The number of carbonyl (C=O) groups excluding carboxylic acids is 1. The van der Waals surface area contributed by atoms with Crippen molar-refractivity contribution in [1.29, 1.82) is 0 Å². The highest BCUT2D eigenvalue weighted by molar-refractivity contribution is 5.94. The van der Waals surface area contributed by atoms with E-state index in [1.807, 2.05) is 24.3 Å². The van der Waals surface area contributed by atoms with Crippen LogP contribution < -0.4 is 16.0 Å². The van der Waals surface area contributed by atoms with Gasteiger partial charge in [0.25, 0.3) is 5.91 Å². The van der Waals surface area contributed by atoms with Crippen LogP contribution in [-0.2, 0) is 6.42 Å². The Labute approximate surface area is 152 Å². The van der Waals surface area contributed by atoms with E-state index in [2.05, 4.69) is 41.7 Å². The summed E-state index contributed by atoms with van der Waals surface area (Å²) in [4.78, 5) is 16.4. The molecule has 1 aromatic carbocycles. The average Bonchev–Trinajstić information content (AvgIpc) is 2.61. The maximum Gasteiger partial charge on any atom is 0.251 e. The smallest absolute Gasteiger partial charge is 0.251 e. The number of unbranched alkanes of at least 4 members (excludes halogenated alkanes) is 2. The van der Waals surface area contributed by atoms with E-state index in [4.69, 9.17) is 0 Å². The summed E-state index contributed by atoms with van der Waals surface area (Å²) in [5.74, 6) is 0.815. The molecule has 1 rings (SSSR count). The Hall–Kier alpha value is -2.04. The van der Waals surface area contributed by atoms with Crippen molar-refractivity contribution in [2.45, 2.75) is 58.9 Å². The number of hydrogen-bond acceptors (Lipinski definition) is 2. The molecule has 1 atom stereocenters. The molecule has 5 nitrogen and oxygen atoms in total. The van der Waals surface area contributed by atoms with E-state index < -0.39 is 0 Å².